The summed E-state index contributed by atoms with van der Waals surface area (Å²) in [4.78, 5) is 6.68. The maximum absolute atomic E-state index is 5.60. The third-order valence-corrected chi connectivity index (χ3v) is 3.39. The van der Waals surface area contributed by atoms with Crippen LogP contribution in [0.25, 0.3) is 0 Å². The van der Waals surface area contributed by atoms with Crippen molar-refractivity contribution in [2.24, 2.45) is 0 Å². The Balaban J connectivity index is 2.12. The van der Waals surface area contributed by atoms with Crippen molar-refractivity contribution in [3.8, 4) is 0 Å². The van der Waals surface area contributed by atoms with E-state index in [9.17, 15) is 0 Å². The van der Waals surface area contributed by atoms with E-state index in [4.69, 9.17) is 4.74 Å². The Bertz CT molecular complexity index is 369. The van der Waals surface area contributed by atoms with E-state index in [1.165, 1.54) is 5.56 Å². The summed E-state index contributed by atoms with van der Waals surface area (Å²) in [5, 5.41) is 3.16. The van der Waals surface area contributed by atoms with Gasteiger partial charge in [0.05, 0.1) is 12.1 Å². The van der Waals surface area contributed by atoms with Crippen molar-refractivity contribution in [2.75, 3.05) is 25.6 Å². The zero-order valence-electron chi connectivity index (χ0n) is 10.8. The van der Waals surface area contributed by atoms with E-state index in [1.54, 1.807) is 0 Å². The highest BCUT2D eigenvalue weighted by Gasteiger charge is 2.28. The highest BCUT2D eigenvalue weighted by molar-refractivity contribution is 5.41. The first kappa shape index (κ1) is 12.3. The molecule has 1 aromatic heterocycles. The number of ether oxygens (including phenoxy) is 1. The molecule has 2 rings (SSSR count). The summed E-state index contributed by atoms with van der Waals surface area (Å²) in [6.45, 7) is 3.86. The van der Waals surface area contributed by atoms with Crippen LogP contribution in [0, 0.1) is 0 Å². The first-order valence-electron chi connectivity index (χ1n) is 6.16. The SMILES string of the molecule is CNCc1ccnc(N(C)C2CCOC2C)c1. The molecule has 1 aromatic rings. The fourth-order valence-corrected chi connectivity index (χ4v) is 2.37. The van der Waals surface area contributed by atoms with E-state index in [-0.39, 0.29) is 6.10 Å². The molecule has 1 aliphatic heterocycles. The minimum atomic E-state index is 0.287. The van der Waals surface area contributed by atoms with E-state index in [0.29, 0.717) is 6.04 Å². The van der Waals surface area contributed by atoms with Crippen LogP contribution in [0.2, 0.25) is 0 Å². The lowest BCUT2D eigenvalue weighted by Crippen LogP contribution is -2.37. The molecule has 0 radical (unpaired) electrons. The Hall–Kier alpha value is -1.13. The van der Waals surface area contributed by atoms with Gasteiger partial charge in [0.1, 0.15) is 5.82 Å². The van der Waals surface area contributed by atoms with Crippen molar-refractivity contribution in [2.45, 2.75) is 32.0 Å². The lowest BCUT2D eigenvalue weighted by atomic mass is 10.1. The standard InChI is InChI=1S/C13H21N3O/c1-10-12(5-7-17-10)16(3)13-8-11(9-14-2)4-6-15-13/h4,6,8,10,12,14H,5,7,9H2,1-3H3. The number of hydrogen-bond donors (Lipinski definition) is 1. The average Bonchev–Trinajstić information content (AvgIpc) is 2.75. The zero-order valence-corrected chi connectivity index (χ0v) is 10.8. The molecule has 17 heavy (non-hydrogen) atoms. The predicted molar refractivity (Wildman–Crippen MR) is 69.2 cm³/mol. The summed E-state index contributed by atoms with van der Waals surface area (Å²) < 4.78 is 5.60. The normalized spacial score (nSPS) is 23.9. The van der Waals surface area contributed by atoms with Gasteiger partial charge in [-0.1, -0.05) is 0 Å². The van der Waals surface area contributed by atoms with Crippen LogP contribution in [0.5, 0.6) is 0 Å². The molecule has 4 heteroatoms. The van der Waals surface area contributed by atoms with E-state index in [0.717, 1.165) is 25.4 Å². The van der Waals surface area contributed by atoms with Crippen LogP contribution in [0.1, 0.15) is 18.9 Å². The Morgan fingerprint density at radius 3 is 3.06 bits per heavy atom. The van der Waals surface area contributed by atoms with Crippen molar-refractivity contribution < 1.29 is 4.74 Å². The van der Waals surface area contributed by atoms with Gasteiger partial charge in [0, 0.05) is 26.4 Å². The molecule has 4 nitrogen and oxygen atoms in total. The Morgan fingerprint density at radius 1 is 1.59 bits per heavy atom. The Kier molecular flexibility index (Phi) is 3.97. The number of likely N-dealkylation sites (N-methyl/N-ethyl adjacent to an activating group) is 1. The third-order valence-electron chi connectivity index (χ3n) is 3.39. The molecule has 0 aromatic carbocycles. The molecule has 1 N–H and O–H groups in total. The van der Waals surface area contributed by atoms with Crippen molar-refractivity contribution in [1.29, 1.82) is 0 Å². The van der Waals surface area contributed by atoms with Crippen molar-refractivity contribution in [3.63, 3.8) is 0 Å². The van der Waals surface area contributed by atoms with Gasteiger partial charge in [0.2, 0.25) is 0 Å². The Labute approximate surface area is 103 Å². The van der Waals surface area contributed by atoms with Gasteiger partial charge in [0.15, 0.2) is 0 Å². The number of hydrogen-bond acceptors (Lipinski definition) is 4. The summed E-state index contributed by atoms with van der Waals surface area (Å²) in [7, 11) is 4.05. The van der Waals surface area contributed by atoms with E-state index in [1.807, 2.05) is 19.3 Å². The van der Waals surface area contributed by atoms with Gasteiger partial charge in [-0.05, 0) is 38.1 Å². The fourth-order valence-electron chi connectivity index (χ4n) is 2.37. The molecular weight excluding hydrogens is 214 g/mol. The predicted octanol–water partition coefficient (Wildman–Crippen LogP) is 1.41. The molecule has 0 bridgehead atoms. The number of nitrogens with zero attached hydrogens (tertiary/aromatic N) is 2. The van der Waals surface area contributed by atoms with Crippen LogP contribution in [-0.2, 0) is 11.3 Å². The average molecular weight is 235 g/mol. The molecule has 2 atom stereocenters. The molecule has 0 amide bonds. The maximum atomic E-state index is 5.60. The minimum absolute atomic E-state index is 0.287. The smallest absolute Gasteiger partial charge is 0.128 e. The van der Waals surface area contributed by atoms with Gasteiger partial charge >= 0.3 is 0 Å². The summed E-state index contributed by atoms with van der Waals surface area (Å²) >= 11 is 0. The third kappa shape index (κ3) is 2.76. The highest BCUT2D eigenvalue weighted by atomic mass is 16.5. The maximum Gasteiger partial charge on any atom is 0.128 e. The fraction of sp³-hybridized carbons (Fsp3) is 0.615. The molecular formula is C13H21N3O. The summed E-state index contributed by atoms with van der Waals surface area (Å²) in [6, 6.07) is 4.62. The monoisotopic (exact) mass is 235 g/mol. The molecule has 0 aliphatic carbocycles. The van der Waals surface area contributed by atoms with Gasteiger partial charge in [-0.3, -0.25) is 0 Å². The van der Waals surface area contributed by atoms with E-state index >= 15 is 0 Å². The number of nitrogens with one attached hydrogen (secondary N) is 1. The van der Waals surface area contributed by atoms with Crippen LogP contribution in [0.4, 0.5) is 5.82 Å². The molecule has 1 aliphatic rings. The van der Waals surface area contributed by atoms with Gasteiger partial charge in [-0.2, -0.15) is 0 Å². The van der Waals surface area contributed by atoms with Crippen LogP contribution < -0.4 is 10.2 Å². The van der Waals surface area contributed by atoms with Crippen LogP contribution in [0.3, 0.4) is 0 Å². The lowest BCUT2D eigenvalue weighted by molar-refractivity contribution is 0.118. The minimum Gasteiger partial charge on any atom is -0.376 e. The van der Waals surface area contributed by atoms with Crippen LogP contribution in [0.15, 0.2) is 18.3 Å². The topological polar surface area (TPSA) is 37.4 Å². The van der Waals surface area contributed by atoms with Crippen LogP contribution in [-0.4, -0.2) is 37.8 Å². The number of rotatable bonds is 4. The quantitative estimate of drug-likeness (QED) is 0.856. The first-order chi connectivity index (χ1) is 8.22. The number of pyridine rings is 1. The summed E-state index contributed by atoms with van der Waals surface area (Å²) in [5.41, 5.74) is 1.26. The summed E-state index contributed by atoms with van der Waals surface area (Å²) in [6.07, 6.45) is 3.24. The van der Waals surface area contributed by atoms with Gasteiger partial charge in [-0.15, -0.1) is 0 Å². The molecule has 0 spiro atoms. The van der Waals surface area contributed by atoms with Crippen LogP contribution >= 0.6 is 0 Å². The van der Waals surface area contributed by atoms with Crippen molar-refractivity contribution >= 4 is 5.82 Å². The number of anilines is 1. The summed E-state index contributed by atoms with van der Waals surface area (Å²) in [5.74, 6) is 1.03. The largest absolute Gasteiger partial charge is 0.376 e. The second-order valence-corrected chi connectivity index (χ2v) is 4.60. The van der Waals surface area contributed by atoms with Crippen molar-refractivity contribution in [3.05, 3.63) is 23.9 Å². The van der Waals surface area contributed by atoms with Gasteiger partial charge < -0.3 is 15.0 Å². The number of aromatic nitrogens is 1. The second-order valence-electron chi connectivity index (χ2n) is 4.60. The first-order valence-corrected chi connectivity index (χ1v) is 6.16. The molecule has 1 fully saturated rings. The molecule has 1 saturated heterocycles. The lowest BCUT2D eigenvalue weighted by Gasteiger charge is -2.28. The van der Waals surface area contributed by atoms with Gasteiger partial charge in [0.25, 0.3) is 0 Å². The van der Waals surface area contributed by atoms with Crippen molar-refractivity contribution in [1.82, 2.24) is 10.3 Å². The van der Waals surface area contributed by atoms with E-state index < -0.39 is 0 Å². The molecule has 94 valence electrons. The molecule has 2 unspecified atom stereocenters. The highest BCUT2D eigenvalue weighted by Crippen LogP contribution is 2.23. The van der Waals surface area contributed by atoms with Gasteiger partial charge in [-0.25, -0.2) is 4.98 Å². The Morgan fingerprint density at radius 2 is 2.41 bits per heavy atom. The van der Waals surface area contributed by atoms with E-state index in [2.05, 4.69) is 35.2 Å². The zero-order chi connectivity index (χ0) is 12.3. The second kappa shape index (κ2) is 5.47. The molecule has 2 heterocycles. The molecule has 0 saturated carbocycles.